The van der Waals surface area contributed by atoms with Gasteiger partial charge in [-0.25, -0.2) is 9.78 Å². The number of thioether (sulfide) groups is 1. The zero-order chi connectivity index (χ0) is 16.1. The lowest BCUT2D eigenvalue weighted by Gasteiger charge is -2.25. The molecule has 1 fully saturated rings. The molecule has 23 heavy (non-hydrogen) atoms. The van der Waals surface area contributed by atoms with Crippen LogP contribution in [-0.2, 0) is 11.3 Å². The molecule has 5 heteroatoms. The number of ether oxygens (including phenoxy) is 1. The average molecular weight is 328 g/mol. The molecule has 0 spiro atoms. The first kappa shape index (κ1) is 15.9. The number of carbonyl (C=O) groups is 1. The predicted molar refractivity (Wildman–Crippen MR) is 91.3 cm³/mol. The summed E-state index contributed by atoms with van der Waals surface area (Å²) in [5.74, 6) is 0. The highest BCUT2D eigenvalue weighted by Gasteiger charge is 2.32. The molecule has 0 saturated carbocycles. The van der Waals surface area contributed by atoms with Gasteiger partial charge in [-0.3, -0.25) is 0 Å². The molecule has 1 aromatic carbocycles. The van der Waals surface area contributed by atoms with Crippen LogP contribution in [0.3, 0.4) is 0 Å². The standard InChI is InChI=1S/C18H20N2O2S/c1-23-17-15(9-5-11-19-17)16-10-6-12-20(16)18(21)22-13-14-7-3-2-4-8-14/h2-5,7-9,11,16H,6,10,12-13H2,1H3. The summed E-state index contributed by atoms with van der Waals surface area (Å²) in [6.07, 6.45) is 5.52. The van der Waals surface area contributed by atoms with Crippen molar-refractivity contribution in [2.45, 2.75) is 30.5 Å². The first-order valence-corrected chi connectivity index (χ1v) is 8.98. The van der Waals surface area contributed by atoms with E-state index in [1.807, 2.05) is 47.6 Å². The highest BCUT2D eigenvalue weighted by atomic mass is 32.2. The van der Waals surface area contributed by atoms with E-state index in [1.54, 1.807) is 18.0 Å². The number of amides is 1. The van der Waals surface area contributed by atoms with Crippen LogP contribution in [0.5, 0.6) is 0 Å². The van der Waals surface area contributed by atoms with Crippen molar-refractivity contribution in [1.82, 2.24) is 9.88 Å². The van der Waals surface area contributed by atoms with Crippen LogP contribution in [0.15, 0.2) is 53.7 Å². The fourth-order valence-corrected chi connectivity index (χ4v) is 3.54. The number of aromatic nitrogens is 1. The molecule has 1 atom stereocenters. The minimum atomic E-state index is -0.243. The molecule has 2 heterocycles. The lowest BCUT2D eigenvalue weighted by molar-refractivity contribution is 0.0916. The van der Waals surface area contributed by atoms with E-state index in [0.29, 0.717) is 6.61 Å². The second-order valence-electron chi connectivity index (χ2n) is 5.49. The van der Waals surface area contributed by atoms with Gasteiger partial charge in [-0.15, -0.1) is 11.8 Å². The Kier molecular flexibility index (Phi) is 5.18. The summed E-state index contributed by atoms with van der Waals surface area (Å²) in [7, 11) is 0. The Hall–Kier alpha value is -2.01. The van der Waals surface area contributed by atoms with Gasteiger partial charge >= 0.3 is 6.09 Å². The molecule has 0 radical (unpaired) electrons. The van der Waals surface area contributed by atoms with E-state index in [-0.39, 0.29) is 12.1 Å². The Morgan fingerprint density at radius 2 is 2.13 bits per heavy atom. The molecule has 1 aromatic heterocycles. The van der Waals surface area contributed by atoms with Gasteiger partial charge in [-0.05, 0) is 30.7 Å². The maximum Gasteiger partial charge on any atom is 0.410 e. The predicted octanol–water partition coefficient (Wildman–Crippen LogP) is 4.28. The van der Waals surface area contributed by atoms with Crippen LogP contribution in [0.4, 0.5) is 4.79 Å². The molecule has 0 aliphatic carbocycles. The third-order valence-electron chi connectivity index (χ3n) is 4.05. The Morgan fingerprint density at radius 3 is 2.91 bits per heavy atom. The van der Waals surface area contributed by atoms with E-state index in [0.717, 1.165) is 35.5 Å². The van der Waals surface area contributed by atoms with E-state index >= 15 is 0 Å². The Labute approximate surface area is 140 Å². The van der Waals surface area contributed by atoms with E-state index in [1.165, 1.54) is 0 Å². The van der Waals surface area contributed by atoms with Crippen LogP contribution in [0.1, 0.15) is 30.0 Å². The van der Waals surface area contributed by atoms with Crippen molar-refractivity contribution in [2.75, 3.05) is 12.8 Å². The van der Waals surface area contributed by atoms with Gasteiger partial charge in [0.2, 0.25) is 0 Å². The summed E-state index contributed by atoms with van der Waals surface area (Å²) in [4.78, 5) is 18.7. The smallest absolute Gasteiger partial charge is 0.410 e. The van der Waals surface area contributed by atoms with Crippen molar-refractivity contribution >= 4 is 17.9 Å². The van der Waals surface area contributed by atoms with E-state index in [2.05, 4.69) is 11.1 Å². The van der Waals surface area contributed by atoms with Crippen molar-refractivity contribution in [1.29, 1.82) is 0 Å². The molecule has 1 amide bonds. The van der Waals surface area contributed by atoms with Crippen LogP contribution in [0.2, 0.25) is 0 Å². The molecule has 1 aliphatic rings. The summed E-state index contributed by atoms with van der Waals surface area (Å²) >= 11 is 1.62. The third-order valence-corrected chi connectivity index (χ3v) is 4.77. The third kappa shape index (κ3) is 3.67. The first-order valence-electron chi connectivity index (χ1n) is 7.76. The van der Waals surface area contributed by atoms with Crippen LogP contribution in [-0.4, -0.2) is 28.8 Å². The summed E-state index contributed by atoms with van der Waals surface area (Å²) in [5.41, 5.74) is 2.12. The van der Waals surface area contributed by atoms with Crippen LogP contribution in [0.25, 0.3) is 0 Å². The number of rotatable bonds is 4. The van der Waals surface area contributed by atoms with Crippen molar-refractivity contribution in [2.24, 2.45) is 0 Å². The fraction of sp³-hybridized carbons (Fsp3) is 0.333. The lowest BCUT2D eigenvalue weighted by atomic mass is 10.1. The summed E-state index contributed by atoms with van der Waals surface area (Å²) in [5, 5.41) is 0.986. The maximum atomic E-state index is 12.5. The van der Waals surface area contributed by atoms with Gasteiger partial charge in [0.15, 0.2) is 0 Å². The largest absolute Gasteiger partial charge is 0.445 e. The van der Waals surface area contributed by atoms with E-state index in [9.17, 15) is 4.79 Å². The Morgan fingerprint density at radius 1 is 1.30 bits per heavy atom. The molecule has 0 bridgehead atoms. The minimum Gasteiger partial charge on any atom is -0.445 e. The second-order valence-corrected chi connectivity index (χ2v) is 6.29. The Balaban J connectivity index is 1.70. The Bertz CT molecular complexity index is 663. The molecule has 0 N–H and O–H groups in total. The number of hydrogen-bond donors (Lipinski definition) is 0. The summed E-state index contributed by atoms with van der Waals surface area (Å²) in [6, 6.07) is 13.8. The zero-order valence-electron chi connectivity index (χ0n) is 13.1. The van der Waals surface area contributed by atoms with Gasteiger partial charge in [0.1, 0.15) is 11.6 Å². The number of benzene rings is 1. The molecule has 2 aromatic rings. The molecular weight excluding hydrogens is 308 g/mol. The number of nitrogens with zero attached hydrogens (tertiary/aromatic N) is 2. The van der Waals surface area contributed by atoms with Crippen molar-refractivity contribution in [3.63, 3.8) is 0 Å². The molecule has 120 valence electrons. The van der Waals surface area contributed by atoms with Crippen LogP contribution in [0, 0.1) is 0 Å². The van der Waals surface area contributed by atoms with E-state index < -0.39 is 0 Å². The zero-order valence-corrected chi connectivity index (χ0v) is 14.0. The fourth-order valence-electron chi connectivity index (χ4n) is 2.94. The second kappa shape index (κ2) is 7.51. The topological polar surface area (TPSA) is 42.4 Å². The van der Waals surface area contributed by atoms with Crippen molar-refractivity contribution < 1.29 is 9.53 Å². The first-order chi connectivity index (χ1) is 11.3. The molecule has 4 nitrogen and oxygen atoms in total. The van der Waals surface area contributed by atoms with E-state index in [4.69, 9.17) is 4.74 Å². The maximum absolute atomic E-state index is 12.5. The summed E-state index contributed by atoms with van der Waals surface area (Å²) < 4.78 is 5.50. The van der Waals surface area contributed by atoms with Crippen molar-refractivity contribution in [3.05, 3.63) is 59.8 Å². The number of carbonyl (C=O) groups excluding carboxylic acids is 1. The van der Waals surface area contributed by atoms with Crippen molar-refractivity contribution in [3.8, 4) is 0 Å². The minimum absolute atomic E-state index is 0.0643. The number of likely N-dealkylation sites (tertiary alicyclic amines) is 1. The number of hydrogen-bond acceptors (Lipinski definition) is 4. The highest BCUT2D eigenvalue weighted by molar-refractivity contribution is 7.98. The lowest BCUT2D eigenvalue weighted by Crippen LogP contribution is -2.31. The van der Waals surface area contributed by atoms with Gasteiger partial charge in [0, 0.05) is 18.3 Å². The average Bonchev–Trinajstić information content (AvgIpc) is 3.10. The van der Waals surface area contributed by atoms with Gasteiger partial charge < -0.3 is 9.64 Å². The SMILES string of the molecule is CSc1ncccc1C1CCCN1C(=O)OCc1ccccc1. The van der Waals surface area contributed by atoms with Crippen LogP contribution >= 0.6 is 11.8 Å². The summed E-state index contributed by atoms with van der Waals surface area (Å²) in [6.45, 7) is 1.05. The van der Waals surface area contributed by atoms with Gasteiger partial charge in [0.25, 0.3) is 0 Å². The molecule has 1 aliphatic heterocycles. The van der Waals surface area contributed by atoms with Gasteiger partial charge in [0.05, 0.1) is 6.04 Å². The van der Waals surface area contributed by atoms with Gasteiger partial charge in [-0.2, -0.15) is 0 Å². The normalized spacial score (nSPS) is 17.3. The monoisotopic (exact) mass is 328 g/mol. The molecule has 3 rings (SSSR count). The molecular formula is C18H20N2O2S. The molecule has 1 saturated heterocycles. The van der Waals surface area contributed by atoms with Gasteiger partial charge in [-0.1, -0.05) is 36.4 Å². The molecule has 1 unspecified atom stereocenters. The number of pyridine rings is 1. The highest BCUT2D eigenvalue weighted by Crippen LogP contribution is 2.36. The van der Waals surface area contributed by atoms with Crippen LogP contribution < -0.4 is 0 Å². The quantitative estimate of drug-likeness (QED) is 0.786.